The lowest BCUT2D eigenvalue weighted by atomic mass is 9.98. The Bertz CT molecular complexity index is 424. The minimum atomic E-state index is -0.0299. The standard InChI is InChI=1S/C14H17BrClNO/c15-8-11-4-1-5-12(11)9-17-14(18)10-3-2-6-13(16)7-10/h2-3,6-7,11-12H,1,4-5,8-9H2,(H,17,18). The second-order valence-corrected chi connectivity index (χ2v) is 5.91. The monoisotopic (exact) mass is 329 g/mol. The smallest absolute Gasteiger partial charge is 0.251 e. The van der Waals surface area contributed by atoms with Gasteiger partial charge in [0, 0.05) is 22.5 Å². The molecule has 2 unspecified atom stereocenters. The second-order valence-electron chi connectivity index (χ2n) is 4.83. The average Bonchev–Trinajstić information content (AvgIpc) is 2.83. The van der Waals surface area contributed by atoms with Crippen molar-refractivity contribution in [2.24, 2.45) is 11.8 Å². The lowest BCUT2D eigenvalue weighted by Crippen LogP contribution is -2.31. The van der Waals surface area contributed by atoms with E-state index in [1.807, 2.05) is 0 Å². The minimum absolute atomic E-state index is 0.0299. The van der Waals surface area contributed by atoms with Crippen LogP contribution in [0.3, 0.4) is 0 Å². The summed E-state index contributed by atoms with van der Waals surface area (Å²) in [5.74, 6) is 1.27. The summed E-state index contributed by atoms with van der Waals surface area (Å²) in [6.45, 7) is 0.765. The highest BCUT2D eigenvalue weighted by Gasteiger charge is 2.26. The van der Waals surface area contributed by atoms with Crippen LogP contribution in [0.5, 0.6) is 0 Å². The molecule has 0 spiro atoms. The zero-order chi connectivity index (χ0) is 13.0. The van der Waals surface area contributed by atoms with Gasteiger partial charge in [-0.3, -0.25) is 4.79 Å². The molecule has 1 aliphatic rings. The van der Waals surface area contributed by atoms with E-state index in [0.717, 1.165) is 11.9 Å². The fraction of sp³-hybridized carbons (Fsp3) is 0.500. The maximum Gasteiger partial charge on any atom is 0.251 e. The van der Waals surface area contributed by atoms with Crippen LogP contribution in [0.2, 0.25) is 5.02 Å². The molecule has 1 amide bonds. The number of halogens is 2. The summed E-state index contributed by atoms with van der Waals surface area (Å²) in [5.41, 5.74) is 0.635. The summed E-state index contributed by atoms with van der Waals surface area (Å²) in [4.78, 5) is 12.0. The molecule has 0 radical (unpaired) electrons. The Kier molecular flexibility index (Phi) is 5.07. The molecule has 1 fully saturated rings. The van der Waals surface area contributed by atoms with Crippen LogP contribution in [0.25, 0.3) is 0 Å². The molecule has 4 heteroatoms. The first-order valence-corrected chi connectivity index (χ1v) is 7.80. The first-order valence-electron chi connectivity index (χ1n) is 6.30. The molecule has 1 aromatic rings. The van der Waals surface area contributed by atoms with Crippen molar-refractivity contribution >= 4 is 33.4 Å². The Morgan fingerprint density at radius 2 is 2.17 bits per heavy atom. The van der Waals surface area contributed by atoms with E-state index in [4.69, 9.17) is 11.6 Å². The zero-order valence-electron chi connectivity index (χ0n) is 10.2. The number of carbonyl (C=O) groups is 1. The summed E-state index contributed by atoms with van der Waals surface area (Å²) in [6, 6.07) is 7.07. The molecule has 1 aromatic carbocycles. The molecule has 18 heavy (non-hydrogen) atoms. The van der Waals surface area contributed by atoms with Gasteiger partial charge in [0.15, 0.2) is 0 Å². The maximum absolute atomic E-state index is 12.0. The third kappa shape index (κ3) is 3.48. The summed E-state index contributed by atoms with van der Waals surface area (Å²) in [6.07, 6.45) is 3.75. The lowest BCUT2D eigenvalue weighted by molar-refractivity contribution is 0.0945. The van der Waals surface area contributed by atoms with Gasteiger partial charge in [-0.25, -0.2) is 0 Å². The number of hydrogen-bond donors (Lipinski definition) is 1. The van der Waals surface area contributed by atoms with E-state index >= 15 is 0 Å². The molecule has 0 bridgehead atoms. The van der Waals surface area contributed by atoms with Gasteiger partial charge >= 0.3 is 0 Å². The van der Waals surface area contributed by atoms with E-state index in [1.54, 1.807) is 24.3 Å². The molecule has 98 valence electrons. The Labute approximate surface area is 121 Å². The average molecular weight is 331 g/mol. The number of amides is 1. The molecule has 1 N–H and O–H groups in total. The van der Waals surface area contributed by atoms with Crippen molar-refractivity contribution in [2.75, 3.05) is 11.9 Å². The topological polar surface area (TPSA) is 29.1 Å². The Morgan fingerprint density at radius 3 is 2.89 bits per heavy atom. The van der Waals surface area contributed by atoms with E-state index in [9.17, 15) is 4.79 Å². The first kappa shape index (κ1) is 13.9. The van der Waals surface area contributed by atoms with Gasteiger partial charge in [0.05, 0.1) is 0 Å². The highest BCUT2D eigenvalue weighted by Crippen LogP contribution is 2.32. The van der Waals surface area contributed by atoms with Gasteiger partial charge in [-0.05, 0) is 42.9 Å². The number of benzene rings is 1. The highest BCUT2D eigenvalue weighted by molar-refractivity contribution is 9.09. The van der Waals surface area contributed by atoms with E-state index in [1.165, 1.54) is 19.3 Å². The lowest BCUT2D eigenvalue weighted by Gasteiger charge is -2.17. The number of rotatable bonds is 4. The first-order chi connectivity index (χ1) is 8.70. The Morgan fingerprint density at radius 1 is 1.39 bits per heavy atom. The molecular formula is C14H17BrClNO. The van der Waals surface area contributed by atoms with Gasteiger partial charge in [0.1, 0.15) is 0 Å². The van der Waals surface area contributed by atoms with Crippen molar-refractivity contribution in [1.29, 1.82) is 0 Å². The third-order valence-corrected chi connectivity index (χ3v) is 4.69. The van der Waals surface area contributed by atoms with Crippen molar-refractivity contribution in [3.05, 3.63) is 34.9 Å². The fourth-order valence-electron chi connectivity index (χ4n) is 2.54. The van der Waals surface area contributed by atoms with Gasteiger partial charge in [-0.1, -0.05) is 40.0 Å². The van der Waals surface area contributed by atoms with Crippen LogP contribution in [-0.2, 0) is 0 Å². The summed E-state index contributed by atoms with van der Waals surface area (Å²) in [7, 11) is 0. The molecule has 0 aliphatic heterocycles. The van der Waals surface area contributed by atoms with Crippen molar-refractivity contribution < 1.29 is 4.79 Å². The van der Waals surface area contributed by atoms with Crippen LogP contribution in [-0.4, -0.2) is 17.8 Å². The Balaban J connectivity index is 1.88. The van der Waals surface area contributed by atoms with Crippen LogP contribution in [0.4, 0.5) is 0 Å². The molecule has 1 aliphatic carbocycles. The number of hydrogen-bond acceptors (Lipinski definition) is 1. The van der Waals surface area contributed by atoms with Crippen LogP contribution in [0.15, 0.2) is 24.3 Å². The van der Waals surface area contributed by atoms with Crippen LogP contribution < -0.4 is 5.32 Å². The molecule has 2 nitrogen and oxygen atoms in total. The van der Waals surface area contributed by atoms with Crippen molar-refractivity contribution in [2.45, 2.75) is 19.3 Å². The van der Waals surface area contributed by atoms with E-state index in [0.29, 0.717) is 22.4 Å². The molecule has 0 saturated heterocycles. The van der Waals surface area contributed by atoms with Crippen LogP contribution in [0.1, 0.15) is 29.6 Å². The van der Waals surface area contributed by atoms with Crippen molar-refractivity contribution in [1.82, 2.24) is 5.32 Å². The molecule has 1 saturated carbocycles. The SMILES string of the molecule is O=C(NCC1CCCC1CBr)c1cccc(Cl)c1. The van der Waals surface area contributed by atoms with Gasteiger partial charge in [-0.2, -0.15) is 0 Å². The van der Waals surface area contributed by atoms with Crippen LogP contribution in [0, 0.1) is 11.8 Å². The number of nitrogens with one attached hydrogen (secondary N) is 1. The largest absolute Gasteiger partial charge is 0.352 e. The molecule has 0 aromatic heterocycles. The predicted molar refractivity (Wildman–Crippen MR) is 78.4 cm³/mol. The van der Waals surface area contributed by atoms with Gasteiger partial charge < -0.3 is 5.32 Å². The molecular weight excluding hydrogens is 314 g/mol. The van der Waals surface area contributed by atoms with E-state index < -0.39 is 0 Å². The molecule has 2 atom stereocenters. The summed E-state index contributed by atoms with van der Waals surface area (Å²) in [5, 5.41) is 4.65. The van der Waals surface area contributed by atoms with Crippen molar-refractivity contribution in [3.8, 4) is 0 Å². The maximum atomic E-state index is 12.0. The quantitative estimate of drug-likeness (QED) is 0.834. The minimum Gasteiger partial charge on any atom is -0.352 e. The number of carbonyl (C=O) groups excluding carboxylic acids is 1. The van der Waals surface area contributed by atoms with Gasteiger partial charge in [0.2, 0.25) is 0 Å². The Hall–Kier alpha value is -0.540. The zero-order valence-corrected chi connectivity index (χ0v) is 12.5. The second kappa shape index (κ2) is 6.58. The van der Waals surface area contributed by atoms with E-state index in [-0.39, 0.29) is 5.91 Å². The highest BCUT2D eigenvalue weighted by atomic mass is 79.9. The number of alkyl halides is 1. The van der Waals surface area contributed by atoms with Gasteiger partial charge in [-0.15, -0.1) is 0 Å². The van der Waals surface area contributed by atoms with E-state index in [2.05, 4.69) is 21.2 Å². The molecule has 2 rings (SSSR count). The van der Waals surface area contributed by atoms with Crippen LogP contribution >= 0.6 is 27.5 Å². The predicted octanol–water partition coefficient (Wildman–Crippen LogP) is 3.88. The fourth-order valence-corrected chi connectivity index (χ4v) is 3.58. The summed E-state index contributed by atoms with van der Waals surface area (Å²) >= 11 is 9.42. The van der Waals surface area contributed by atoms with Crippen molar-refractivity contribution in [3.63, 3.8) is 0 Å². The van der Waals surface area contributed by atoms with Gasteiger partial charge in [0.25, 0.3) is 5.91 Å². The summed E-state index contributed by atoms with van der Waals surface area (Å²) < 4.78 is 0. The normalized spacial score (nSPS) is 23.0. The molecule has 0 heterocycles. The third-order valence-electron chi connectivity index (χ3n) is 3.63.